The van der Waals surface area contributed by atoms with Gasteiger partial charge < -0.3 is 15.3 Å². The second kappa shape index (κ2) is 19.4. The van der Waals surface area contributed by atoms with Crippen molar-refractivity contribution in [2.75, 3.05) is 6.16 Å². The van der Waals surface area contributed by atoms with E-state index in [0.717, 1.165) is 19.0 Å². The van der Waals surface area contributed by atoms with E-state index in [1.54, 1.807) is 0 Å². The van der Waals surface area contributed by atoms with Crippen LogP contribution in [0.1, 0.15) is 150 Å². The molecule has 0 radical (unpaired) electrons. The summed E-state index contributed by atoms with van der Waals surface area (Å²) in [5.41, 5.74) is 0. The van der Waals surface area contributed by atoms with E-state index in [-0.39, 0.29) is 0 Å². The Balaban J connectivity index is 0. The van der Waals surface area contributed by atoms with Crippen LogP contribution < -0.4 is 0 Å². The minimum atomic E-state index is -10.7. The molecule has 0 heterocycles. The van der Waals surface area contributed by atoms with Crippen molar-refractivity contribution < 1.29 is 40.5 Å². The third-order valence-electron chi connectivity index (χ3n) is 7.16. The number of hydrogen-bond acceptors (Lipinski definition) is 3. The van der Waals surface area contributed by atoms with Crippen LogP contribution in [0.15, 0.2) is 0 Å². The molecule has 3 N–H and O–H groups in total. The summed E-state index contributed by atoms with van der Waals surface area (Å²) in [4.78, 5) is 0. The summed E-state index contributed by atoms with van der Waals surface area (Å²) >= 11 is 0. The molecule has 236 valence electrons. The molecule has 0 saturated heterocycles. The Labute approximate surface area is 229 Å². The van der Waals surface area contributed by atoms with Gasteiger partial charge in [-0.25, -0.2) is 0 Å². The number of aliphatic hydroxyl groups is 3. The van der Waals surface area contributed by atoms with Crippen molar-refractivity contribution in [1.29, 1.82) is 0 Å². The van der Waals surface area contributed by atoms with Crippen LogP contribution in [0.3, 0.4) is 0 Å². The van der Waals surface area contributed by atoms with E-state index in [1.807, 2.05) is 20.8 Å². The fourth-order valence-electron chi connectivity index (χ4n) is 5.00. The Hall–Kier alpha value is 0.320. The van der Waals surface area contributed by atoms with Crippen LogP contribution in [0.4, 0.5) is 25.2 Å². The van der Waals surface area contributed by atoms with Gasteiger partial charge in [-0.3, -0.25) is 0 Å². The predicted octanol–water partition coefficient (Wildman–Crippen LogP) is 11.8. The molecule has 0 saturated carbocycles. The Bertz CT molecular complexity index is 526. The van der Waals surface area contributed by atoms with E-state index < -0.39 is 32.6 Å². The molecule has 0 fully saturated rings. The maximum absolute atomic E-state index is 10.7. The summed E-state index contributed by atoms with van der Waals surface area (Å²) in [5, 5.41) is 32.2. The van der Waals surface area contributed by atoms with Gasteiger partial charge in [0, 0.05) is 19.3 Å². The van der Waals surface area contributed by atoms with E-state index in [9.17, 15) is 40.5 Å². The Kier molecular flexibility index (Phi) is 20.7. The van der Waals surface area contributed by atoms with Crippen molar-refractivity contribution in [3.63, 3.8) is 0 Å². The van der Waals surface area contributed by atoms with E-state index in [2.05, 4.69) is 6.92 Å². The van der Waals surface area contributed by atoms with Gasteiger partial charge in [0.1, 0.15) is 7.26 Å². The molecule has 0 bridgehead atoms. The summed E-state index contributed by atoms with van der Waals surface area (Å²) in [6, 6.07) is 0. The fraction of sp³-hybridized carbons (Fsp3) is 1.00. The normalized spacial score (nSPS) is 17.9. The van der Waals surface area contributed by atoms with Gasteiger partial charge in [-0.15, -0.1) is 0 Å². The van der Waals surface area contributed by atoms with E-state index in [1.165, 1.54) is 89.9 Å². The van der Waals surface area contributed by atoms with Crippen molar-refractivity contribution in [2.45, 2.75) is 167 Å². The number of unbranched alkanes of at least 4 members (excludes halogenated alkanes) is 15. The van der Waals surface area contributed by atoms with Crippen LogP contribution in [0.2, 0.25) is 0 Å². The molecule has 0 amide bonds. The number of rotatable bonds is 23. The first kappa shape index (κ1) is 40.5. The molecule has 0 aliphatic carbocycles. The Morgan fingerprint density at radius 3 is 0.868 bits per heavy atom. The molecule has 0 spiro atoms. The Morgan fingerprint density at radius 1 is 0.447 bits per heavy atom. The summed E-state index contributed by atoms with van der Waals surface area (Å²) < 4.78 is 59.2. The van der Waals surface area contributed by atoms with Gasteiger partial charge in [-0.2, -0.15) is 0 Å². The molecule has 0 aromatic rings. The molecule has 0 aromatic heterocycles. The molecule has 3 nitrogen and oxygen atoms in total. The Morgan fingerprint density at radius 2 is 0.658 bits per heavy atom. The molecule has 11 heteroatoms. The summed E-state index contributed by atoms with van der Waals surface area (Å²) in [7, 11) is -12.8. The van der Waals surface area contributed by atoms with Gasteiger partial charge in [0.2, 0.25) is 0 Å². The molecule has 0 aliphatic heterocycles. The first-order valence-electron chi connectivity index (χ1n) is 14.9. The first-order chi connectivity index (χ1) is 17.5. The third kappa shape index (κ3) is 24.1. The minimum absolute atomic E-state index is 0.534. The number of hydrogen-bond donors (Lipinski definition) is 3. The zero-order valence-corrected chi connectivity index (χ0v) is 26.2. The topological polar surface area (TPSA) is 60.7 Å². The SMILES string of the molecule is CCCCCCCCCCCCCCCCCC[P+](C(O)CC)(C(O)CC)C(O)CC.F[P-](F)(F)(F)(F)F. The fourth-order valence-corrected chi connectivity index (χ4v) is 9.89. The van der Waals surface area contributed by atoms with Crippen LogP contribution in [0.5, 0.6) is 0 Å². The molecular weight excluding hydrogens is 548 g/mol. The third-order valence-corrected chi connectivity index (χ3v) is 12.7. The summed E-state index contributed by atoms with van der Waals surface area (Å²) in [5.74, 6) is -1.60. The first-order valence-corrected chi connectivity index (χ1v) is 19.1. The van der Waals surface area contributed by atoms with Crippen molar-refractivity contribution in [2.24, 2.45) is 0 Å². The second-order valence-corrected chi connectivity index (χ2v) is 16.8. The average molecular weight is 607 g/mol. The van der Waals surface area contributed by atoms with E-state index in [0.29, 0.717) is 19.3 Å². The van der Waals surface area contributed by atoms with Gasteiger partial charge in [0.25, 0.3) is 0 Å². The van der Waals surface area contributed by atoms with Crippen molar-refractivity contribution in [3.8, 4) is 0 Å². The number of aliphatic hydroxyl groups excluding tert-OH is 3. The van der Waals surface area contributed by atoms with E-state index in [4.69, 9.17) is 0 Å². The molecular formula is C27H58F6O3P2. The quantitative estimate of drug-likeness (QED) is 0.0616. The van der Waals surface area contributed by atoms with Crippen LogP contribution in [-0.4, -0.2) is 39.0 Å². The average Bonchev–Trinajstić information content (AvgIpc) is 2.82. The van der Waals surface area contributed by atoms with Gasteiger partial charge in [-0.05, 0) is 12.8 Å². The van der Waals surface area contributed by atoms with Gasteiger partial charge in [-0.1, -0.05) is 118 Å². The van der Waals surface area contributed by atoms with Crippen molar-refractivity contribution >= 4 is 15.1 Å². The standard InChI is InChI=1S/C27H58O3P.F6P/c1-5-9-10-11-12-13-14-15-16-17-18-19-20-21-22-23-24-31(25(28)6-2,26(29)7-3)27(30)8-4;1-7(2,3,4,5)6/h25-30H,5-24H2,1-4H3;/q+1;-1. The predicted molar refractivity (Wildman–Crippen MR) is 154 cm³/mol. The second-order valence-electron chi connectivity index (χ2n) is 10.6. The van der Waals surface area contributed by atoms with Crippen LogP contribution in [-0.2, 0) is 0 Å². The molecule has 0 rings (SSSR count). The van der Waals surface area contributed by atoms with E-state index >= 15 is 0 Å². The van der Waals surface area contributed by atoms with Crippen LogP contribution in [0.25, 0.3) is 0 Å². The van der Waals surface area contributed by atoms with Crippen molar-refractivity contribution in [1.82, 2.24) is 0 Å². The molecule has 3 atom stereocenters. The van der Waals surface area contributed by atoms with Crippen LogP contribution in [0, 0.1) is 0 Å². The monoisotopic (exact) mass is 606 g/mol. The molecule has 38 heavy (non-hydrogen) atoms. The zero-order chi connectivity index (χ0) is 29.8. The maximum atomic E-state index is 10.7. The van der Waals surface area contributed by atoms with Gasteiger partial charge in [0.15, 0.2) is 17.5 Å². The molecule has 3 unspecified atom stereocenters. The van der Waals surface area contributed by atoms with Gasteiger partial charge in [0.05, 0.1) is 6.16 Å². The zero-order valence-electron chi connectivity index (χ0n) is 24.4. The molecule has 0 aromatic carbocycles. The van der Waals surface area contributed by atoms with Crippen LogP contribution >= 0.6 is 15.1 Å². The van der Waals surface area contributed by atoms with Crippen molar-refractivity contribution in [3.05, 3.63) is 0 Å². The number of halogens is 6. The molecule has 0 aliphatic rings. The summed E-state index contributed by atoms with van der Waals surface area (Å²) in [6.45, 7) is 8.19. The van der Waals surface area contributed by atoms with Gasteiger partial charge >= 0.3 is 33.0 Å². The summed E-state index contributed by atoms with van der Waals surface area (Å²) in [6.07, 6.45) is 24.2.